The Morgan fingerprint density at radius 1 is 0.358 bits per heavy atom. The van der Waals surface area contributed by atoms with Crippen molar-refractivity contribution in [1.29, 1.82) is 0 Å². The van der Waals surface area contributed by atoms with Gasteiger partial charge in [0.2, 0.25) is 0 Å². The molecule has 268 valence electrons. The van der Waals surface area contributed by atoms with Crippen molar-refractivity contribution < 1.29 is 39.5 Å². The second-order valence-electron chi connectivity index (χ2n) is 11.1. The van der Waals surface area contributed by atoms with Crippen molar-refractivity contribution in [3.63, 3.8) is 0 Å². The first kappa shape index (κ1) is 36.0. The lowest BCUT2D eigenvalue weighted by molar-refractivity contribution is 0.261. The van der Waals surface area contributed by atoms with Crippen molar-refractivity contribution in [3.05, 3.63) is 158 Å². The fourth-order valence-electron chi connectivity index (χ4n) is 4.65. The lowest BCUT2D eigenvalue weighted by Crippen LogP contribution is -2.19. The van der Waals surface area contributed by atoms with E-state index in [1.165, 1.54) is 97.1 Å². The van der Waals surface area contributed by atoms with Gasteiger partial charge in [-0.1, -0.05) is 36.4 Å². The molecule has 0 radical (unpaired) electrons. The van der Waals surface area contributed by atoms with E-state index in [0.29, 0.717) is 22.7 Å². The van der Waals surface area contributed by atoms with Crippen molar-refractivity contribution in [2.24, 2.45) is 0 Å². The van der Waals surface area contributed by atoms with Gasteiger partial charge in [0.1, 0.15) is 32.8 Å². The number of hydrogen-bond acceptors (Lipinski definition) is 9. The number of amides is 4. The number of carbonyl (C=O) groups excluding carboxylic acids is 2. The van der Waals surface area contributed by atoms with Gasteiger partial charge in [-0.15, -0.1) is 0 Å². The SMILES string of the molecule is O=C(Nc1ccccc1)Nc1ccc(OS(=O)(=O)c2ccc(Oc3ccc(S(=O)(=O)Oc4ccc(NC(=O)Nc5ccccc5)cc4)cc3)cc2)cc1. The van der Waals surface area contributed by atoms with Crippen LogP contribution in [-0.4, -0.2) is 28.9 Å². The number of rotatable bonds is 12. The van der Waals surface area contributed by atoms with Gasteiger partial charge in [0.15, 0.2) is 0 Å². The smallest absolute Gasteiger partial charge is 0.339 e. The number of para-hydroxylation sites is 2. The summed E-state index contributed by atoms with van der Waals surface area (Å²) in [5.74, 6) is 0.643. The van der Waals surface area contributed by atoms with Gasteiger partial charge in [0, 0.05) is 22.7 Å². The van der Waals surface area contributed by atoms with Crippen molar-refractivity contribution in [2.45, 2.75) is 9.79 Å². The molecule has 0 aliphatic carbocycles. The summed E-state index contributed by atoms with van der Waals surface area (Å²) in [6.07, 6.45) is 0. The summed E-state index contributed by atoms with van der Waals surface area (Å²) < 4.78 is 67.8. The minimum Gasteiger partial charge on any atom is -0.457 e. The van der Waals surface area contributed by atoms with Crippen LogP contribution in [0.1, 0.15) is 0 Å². The van der Waals surface area contributed by atoms with Crippen LogP contribution >= 0.6 is 0 Å². The molecule has 0 atom stereocenters. The van der Waals surface area contributed by atoms with Crippen molar-refractivity contribution >= 4 is 55.0 Å². The molecule has 4 N–H and O–H groups in total. The van der Waals surface area contributed by atoms with Gasteiger partial charge in [-0.3, -0.25) is 0 Å². The van der Waals surface area contributed by atoms with Gasteiger partial charge in [0.05, 0.1) is 0 Å². The third-order valence-corrected chi connectivity index (χ3v) is 9.68. The first-order chi connectivity index (χ1) is 25.5. The average Bonchev–Trinajstić information content (AvgIpc) is 3.14. The van der Waals surface area contributed by atoms with Gasteiger partial charge < -0.3 is 34.4 Å². The van der Waals surface area contributed by atoms with E-state index in [9.17, 15) is 26.4 Å². The van der Waals surface area contributed by atoms with E-state index in [1.54, 1.807) is 48.5 Å². The fraction of sp³-hybridized carbons (Fsp3) is 0. The molecule has 0 fully saturated rings. The first-order valence-corrected chi connectivity index (χ1v) is 18.6. The zero-order chi connectivity index (χ0) is 37.3. The van der Waals surface area contributed by atoms with Crippen LogP contribution in [-0.2, 0) is 20.2 Å². The van der Waals surface area contributed by atoms with Crippen LogP contribution in [0.4, 0.5) is 32.3 Å². The maximum Gasteiger partial charge on any atom is 0.339 e. The molecule has 0 saturated carbocycles. The summed E-state index contributed by atoms with van der Waals surface area (Å²) >= 11 is 0. The van der Waals surface area contributed by atoms with Crippen molar-refractivity contribution in [1.82, 2.24) is 0 Å². The van der Waals surface area contributed by atoms with Crippen LogP contribution in [0.15, 0.2) is 168 Å². The lowest BCUT2D eigenvalue weighted by Gasteiger charge is -2.11. The lowest BCUT2D eigenvalue weighted by atomic mass is 10.3. The molecule has 0 unspecified atom stereocenters. The number of nitrogens with one attached hydrogen (secondary N) is 4. The van der Waals surface area contributed by atoms with Crippen LogP contribution in [0.5, 0.6) is 23.0 Å². The Morgan fingerprint density at radius 2 is 0.642 bits per heavy atom. The van der Waals surface area contributed by atoms with Crippen molar-refractivity contribution in [3.8, 4) is 23.0 Å². The summed E-state index contributed by atoms with van der Waals surface area (Å²) in [4.78, 5) is 24.2. The summed E-state index contributed by atoms with van der Waals surface area (Å²) in [6, 6.07) is 39.4. The Balaban J connectivity index is 0.993. The number of carbonyl (C=O) groups is 2. The molecule has 0 spiro atoms. The van der Waals surface area contributed by atoms with E-state index in [4.69, 9.17) is 13.1 Å². The molecule has 0 aliphatic rings. The molecule has 0 saturated heterocycles. The van der Waals surface area contributed by atoms with Crippen LogP contribution < -0.4 is 34.4 Å². The summed E-state index contributed by atoms with van der Waals surface area (Å²) in [7, 11) is -8.41. The zero-order valence-electron chi connectivity index (χ0n) is 27.5. The van der Waals surface area contributed by atoms with Gasteiger partial charge in [0.25, 0.3) is 0 Å². The van der Waals surface area contributed by atoms with Crippen molar-refractivity contribution in [2.75, 3.05) is 21.3 Å². The highest BCUT2D eigenvalue weighted by Crippen LogP contribution is 2.28. The normalized spacial score (nSPS) is 11.1. The van der Waals surface area contributed by atoms with Gasteiger partial charge in [-0.25, -0.2) is 9.59 Å². The molecular formula is C38H30N4O9S2. The molecule has 0 heterocycles. The highest BCUT2D eigenvalue weighted by molar-refractivity contribution is 7.87. The molecule has 0 bridgehead atoms. The molecule has 6 aromatic carbocycles. The predicted molar refractivity (Wildman–Crippen MR) is 200 cm³/mol. The highest BCUT2D eigenvalue weighted by atomic mass is 32.2. The van der Waals surface area contributed by atoms with E-state index in [1.807, 2.05) is 12.1 Å². The molecular weight excluding hydrogens is 721 g/mol. The van der Waals surface area contributed by atoms with Crippen LogP contribution in [0, 0.1) is 0 Å². The Morgan fingerprint density at radius 3 is 0.962 bits per heavy atom. The highest BCUT2D eigenvalue weighted by Gasteiger charge is 2.19. The maximum atomic E-state index is 12.9. The van der Waals surface area contributed by atoms with E-state index < -0.39 is 32.3 Å². The Labute approximate surface area is 305 Å². The third-order valence-electron chi connectivity index (χ3n) is 7.16. The molecule has 15 heteroatoms. The largest absolute Gasteiger partial charge is 0.457 e. The molecule has 13 nitrogen and oxygen atoms in total. The van der Waals surface area contributed by atoms with Gasteiger partial charge in [-0.2, -0.15) is 16.8 Å². The number of urea groups is 2. The summed E-state index contributed by atoms with van der Waals surface area (Å²) in [6.45, 7) is 0. The summed E-state index contributed by atoms with van der Waals surface area (Å²) in [5, 5.41) is 10.7. The predicted octanol–water partition coefficient (Wildman–Crippen LogP) is 8.30. The Bertz CT molecular complexity index is 2220. The quantitative estimate of drug-likeness (QED) is 0.0896. The molecule has 0 aromatic heterocycles. The molecule has 6 rings (SSSR count). The van der Waals surface area contributed by atoms with Gasteiger partial charge in [-0.05, 0) is 121 Å². The number of hydrogen-bond donors (Lipinski definition) is 4. The second kappa shape index (κ2) is 16.0. The monoisotopic (exact) mass is 750 g/mol. The molecule has 4 amide bonds. The minimum atomic E-state index is -4.20. The number of anilines is 4. The fourth-order valence-corrected chi connectivity index (χ4v) is 6.51. The van der Waals surface area contributed by atoms with Crippen LogP contribution in [0.3, 0.4) is 0 Å². The van der Waals surface area contributed by atoms with Crippen LogP contribution in [0.25, 0.3) is 0 Å². The Kier molecular flexibility index (Phi) is 10.9. The topological polar surface area (TPSA) is 178 Å². The third kappa shape index (κ3) is 10.1. The first-order valence-electron chi connectivity index (χ1n) is 15.7. The zero-order valence-corrected chi connectivity index (χ0v) is 29.1. The molecule has 53 heavy (non-hydrogen) atoms. The standard InChI is InChI=1S/C38H30N4O9S2/c43-37(39-27-7-3-1-4-8-27)41-29-11-15-33(16-12-29)50-52(45,46)35-23-19-31(20-24-35)49-32-21-25-36(26-22-32)53(47,48)51-34-17-13-30(14-18-34)42-38(44)40-28-9-5-2-6-10-28/h1-26H,(H2,39,41,43)(H2,40,42,44). The molecule has 6 aromatic rings. The van der Waals surface area contributed by atoms with E-state index >= 15 is 0 Å². The summed E-state index contributed by atoms with van der Waals surface area (Å²) in [5.41, 5.74) is 2.08. The maximum absolute atomic E-state index is 12.9. The number of ether oxygens (including phenoxy) is 1. The Hall–Kier alpha value is -6.84. The van der Waals surface area contributed by atoms with Crippen LogP contribution in [0.2, 0.25) is 0 Å². The van der Waals surface area contributed by atoms with E-state index in [0.717, 1.165) is 0 Å². The van der Waals surface area contributed by atoms with Gasteiger partial charge >= 0.3 is 32.3 Å². The molecule has 0 aliphatic heterocycles. The number of benzene rings is 6. The average molecular weight is 751 g/mol. The van der Waals surface area contributed by atoms with E-state index in [2.05, 4.69) is 21.3 Å². The second-order valence-corrected chi connectivity index (χ2v) is 14.2. The van der Waals surface area contributed by atoms with E-state index in [-0.39, 0.29) is 32.8 Å². The minimum absolute atomic E-state index is 0.0379.